The maximum Gasteiger partial charge on any atom is 0.0120 e. The van der Waals surface area contributed by atoms with Crippen LogP contribution in [-0.4, -0.2) is 38.1 Å². The molecule has 1 N–H and O–H groups in total. The molecule has 0 aromatic carbocycles. The normalized spacial score (nSPS) is 26.4. The lowest BCUT2D eigenvalue weighted by Crippen LogP contribution is -2.38. The quantitative estimate of drug-likeness (QED) is 0.789. The van der Waals surface area contributed by atoms with Gasteiger partial charge in [-0.25, -0.2) is 0 Å². The molecule has 0 radical (unpaired) electrons. The van der Waals surface area contributed by atoms with Crippen molar-refractivity contribution < 1.29 is 0 Å². The van der Waals surface area contributed by atoms with E-state index in [2.05, 4.69) is 24.3 Å². The van der Waals surface area contributed by atoms with Gasteiger partial charge in [0.25, 0.3) is 0 Å². The molecule has 16 heavy (non-hydrogen) atoms. The van der Waals surface area contributed by atoms with Crippen LogP contribution in [0, 0.1) is 11.8 Å². The summed E-state index contributed by atoms with van der Waals surface area (Å²) < 4.78 is 0. The second kappa shape index (κ2) is 6.02. The van der Waals surface area contributed by atoms with Crippen molar-refractivity contribution in [3.05, 3.63) is 0 Å². The van der Waals surface area contributed by atoms with Gasteiger partial charge in [0.2, 0.25) is 0 Å². The average molecular weight is 224 g/mol. The predicted octanol–water partition coefficient (Wildman–Crippen LogP) is 2.50. The molecule has 2 aliphatic rings. The Bertz CT molecular complexity index is 191. The summed E-state index contributed by atoms with van der Waals surface area (Å²) in [5, 5.41) is 3.47. The molecule has 94 valence electrons. The van der Waals surface area contributed by atoms with Crippen molar-refractivity contribution in [3.8, 4) is 0 Å². The van der Waals surface area contributed by atoms with Gasteiger partial charge in [-0.1, -0.05) is 12.8 Å². The van der Waals surface area contributed by atoms with Crippen molar-refractivity contribution in [2.75, 3.05) is 27.2 Å². The summed E-state index contributed by atoms with van der Waals surface area (Å²) in [7, 11) is 4.56. The fraction of sp³-hybridized carbons (Fsp3) is 1.00. The monoisotopic (exact) mass is 224 g/mol. The number of hydrogen-bond donors (Lipinski definition) is 1. The van der Waals surface area contributed by atoms with Gasteiger partial charge in [-0.2, -0.15) is 0 Å². The van der Waals surface area contributed by atoms with E-state index in [4.69, 9.17) is 0 Å². The van der Waals surface area contributed by atoms with Crippen LogP contribution >= 0.6 is 0 Å². The van der Waals surface area contributed by atoms with E-state index in [0.717, 1.165) is 17.9 Å². The number of rotatable bonds is 4. The molecule has 1 unspecified atom stereocenters. The van der Waals surface area contributed by atoms with Crippen LogP contribution in [0.25, 0.3) is 0 Å². The van der Waals surface area contributed by atoms with Gasteiger partial charge in [0.05, 0.1) is 0 Å². The third kappa shape index (κ3) is 3.21. The lowest BCUT2D eigenvalue weighted by molar-refractivity contribution is 0.162. The Morgan fingerprint density at radius 2 is 1.69 bits per heavy atom. The Labute approximate surface area is 101 Å². The predicted molar refractivity (Wildman–Crippen MR) is 69.6 cm³/mol. The summed E-state index contributed by atoms with van der Waals surface area (Å²) in [6.45, 7) is 2.49. The standard InChI is InChI=1S/C14H28N2/c1-16(2)14(13-5-3-4-6-13)11-12-7-9-15-10-8-12/h12-15H,3-11H2,1-2H3. The first-order valence-corrected chi connectivity index (χ1v) is 7.14. The van der Waals surface area contributed by atoms with Crippen molar-refractivity contribution in [2.45, 2.75) is 51.0 Å². The first-order valence-electron chi connectivity index (χ1n) is 7.14. The highest BCUT2D eigenvalue weighted by molar-refractivity contribution is 4.84. The van der Waals surface area contributed by atoms with Gasteiger partial charge in [0.1, 0.15) is 0 Å². The highest BCUT2D eigenvalue weighted by atomic mass is 15.1. The molecule has 1 heterocycles. The van der Waals surface area contributed by atoms with E-state index >= 15 is 0 Å². The molecular weight excluding hydrogens is 196 g/mol. The summed E-state index contributed by atoms with van der Waals surface area (Å²) in [5.74, 6) is 1.97. The number of nitrogens with zero attached hydrogens (tertiary/aromatic N) is 1. The molecule has 0 bridgehead atoms. The minimum absolute atomic E-state index is 0.852. The summed E-state index contributed by atoms with van der Waals surface area (Å²) in [4.78, 5) is 2.50. The van der Waals surface area contributed by atoms with E-state index in [-0.39, 0.29) is 0 Å². The van der Waals surface area contributed by atoms with E-state index < -0.39 is 0 Å². The smallest absolute Gasteiger partial charge is 0.0120 e. The van der Waals surface area contributed by atoms with Gasteiger partial charge in [-0.15, -0.1) is 0 Å². The topological polar surface area (TPSA) is 15.3 Å². The van der Waals surface area contributed by atoms with Crippen LogP contribution in [0.3, 0.4) is 0 Å². The Balaban J connectivity index is 1.85. The molecule has 2 fully saturated rings. The fourth-order valence-electron chi connectivity index (χ4n) is 3.63. The van der Waals surface area contributed by atoms with Crippen LogP contribution in [0.2, 0.25) is 0 Å². The summed E-state index contributed by atoms with van der Waals surface area (Å²) in [5.41, 5.74) is 0. The van der Waals surface area contributed by atoms with Crippen molar-refractivity contribution >= 4 is 0 Å². The summed E-state index contributed by atoms with van der Waals surface area (Å²) >= 11 is 0. The highest BCUT2D eigenvalue weighted by Gasteiger charge is 2.29. The van der Waals surface area contributed by atoms with Gasteiger partial charge in [0, 0.05) is 6.04 Å². The van der Waals surface area contributed by atoms with Crippen molar-refractivity contribution in [2.24, 2.45) is 11.8 Å². The third-order valence-corrected chi connectivity index (χ3v) is 4.64. The molecular formula is C14H28N2. The Kier molecular flexibility index (Phi) is 4.66. The van der Waals surface area contributed by atoms with E-state index in [1.165, 1.54) is 58.0 Å². The maximum atomic E-state index is 3.47. The van der Waals surface area contributed by atoms with E-state index in [0.29, 0.717) is 0 Å². The molecule has 1 saturated carbocycles. The molecule has 2 nitrogen and oxygen atoms in total. The second-order valence-electron chi connectivity index (χ2n) is 6.00. The number of hydrogen-bond acceptors (Lipinski definition) is 2. The molecule has 1 aliphatic carbocycles. The third-order valence-electron chi connectivity index (χ3n) is 4.64. The fourth-order valence-corrected chi connectivity index (χ4v) is 3.63. The molecule has 0 aromatic heterocycles. The van der Waals surface area contributed by atoms with E-state index in [9.17, 15) is 0 Å². The van der Waals surface area contributed by atoms with Crippen molar-refractivity contribution in [1.82, 2.24) is 10.2 Å². The van der Waals surface area contributed by atoms with Crippen molar-refractivity contribution in [3.63, 3.8) is 0 Å². The maximum absolute atomic E-state index is 3.47. The van der Waals surface area contributed by atoms with Gasteiger partial charge >= 0.3 is 0 Å². The van der Waals surface area contributed by atoms with Crippen LogP contribution in [0.15, 0.2) is 0 Å². The van der Waals surface area contributed by atoms with Gasteiger partial charge in [-0.3, -0.25) is 0 Å². The lowest BCUT2D eigenvalue weighted by atomic mass is 9.84. The first-order chi connectivity index (χ1) is 7.77. The molecule has 2 rings (SSSR count). The zero-order valence-electron chi connectivity index (χ0n) is 11.0. The minimum Gasteiger partial charge on any atom is -0.317 e. The van der Waals surface area contributed by atoms with E-state index in [1.54, 1.807) is 0 Å². The molecule has 1 aliphatic heterocycles. The summed E-state index contributed by atoms with van der Waals surface area (Å²) in [6.07, 6.45) is 10.2. The van der Waals surface area contributed by atoms with Gasteiger partial charge in [-0.05, 0) is 71.1 Å². The first kappa shape index (κ1) is 12.4. The Hall–Kier alpha value is -0.0800. The molecule has 0 amide bonds. The Morgan fingerprint density at radius 3 is 2.25 bits per heavy atom. The van der Waals surface area contributed by atoms with Gasteiger partial charge < -0.3 is 10.2 Å². The molecule has 1 atom stereocenters. The van der Waals surface area contributed by atoms with Crippen LogP contribution in [0.1, 0.15) is 44.9 Å². The molecule has 0 aromatic rings. The number of nitrogens with one attached hydrogen (secondary N) is 1. The highest BCUT2D eigenvalue weighted by Crippen LogP contribution is 2.33. The van der Waals surface area contributed by atoms with E-state index in [1.807, 2.05) is 0 Å². The summed E-state index contributed by atoms with van der Waals surface area (Å²) in [6, 6.07) is 0.852. The largest absolute Gasteiger partial charge is 0.317 e. The Morgan fingerprint density at radius 1 is 1.06 bits per heavy atom. The molecule has 2 heteroatoms. The van der Waals surface area contributed by atoms with Crippen LogP contribution in [0.4, 0.5) is 0 Å². The zero-order valence-corrected chi connectivity index (χ0v) is 11.0. The lowest BCUT2D eigenvalue weighted by Gasteiger charge is -2.34. The molecule has 0 spiro atoms. The van der Waals surface area contributed by atoms with Crippen LogP contribution < -0.4 is 5.32 Å². The zero-order chi connectivity index (χ0) is 11.4. The van der Waals surface area contributed by atoms with Gasteiger partial charge in [0.15, 0.2) is 0 Å². The SMILES string of the molecule is CN(C)C(CC1CCNCC1)C1CCCC1. The minimum atomic E-state index is 0.852. The number of piperidine rings is 1. The van der Waals surface area contributed by atoms with Crippen molar-refractivity contribution in [1.29, 1.82) is 0 Å². The second-order valence-corrected chi connectivity index (χ2v) is 6.00. The van der Waals surface area contributed by atoms with Crippen LogP contribution in [-0.2, 0) is 0 Å². The average Bonchev–Trinajstić information content (AvgIpc) is 2.80. The molecule has 1 saturated heterocycles. The van der Waals surface area contributed by atoms with Crippen LogP contribution in [0.5, 0.6) is 0 Å².